The van der Waals surface area contributed by atoms with Crippen LogP contribution in [0.4, 0.5) is 0 Å². The second kappa shape index (κ2) is 5.81. The molecule has 0 amide bonds. The Balaban J connectivity index is 2.31. The Morgan fingerprint density at radius 2 is 2.29 bits per heavy atom. The van der Waals surface area contributed by atoms with Crippen molar-refractivity contribution >= 4 is 0 Å². The highest BCUT2D eigenvalue weighted by atomic mass is 16.5. The first-order valence-electron chi connectivity index (χ1n) is 5.41. The molecule has 0 aliphatic carbocycles. The minimum absolute atomic E-state index is 0.602. The Bertz CT molecular complexity index is 258. The Morgan fingerprint density at radius 1 is 1.50 bits per heavy atom. The Hall–Kier alpha value is -0.830. The molecule has 0 bridgehead atoms. The van der Waals surface area contributed by atoms with Crippen LogP contribution in [0.3, 0.4) is 0 Å². The second-order valence-corrected chi connectivity index (χ2v) is 3.71. The fraction of sp³-hybridized carbons (Fsp3) is 0.727. The van der Waals surface area contributed by atoms with Crippen molar-refractivity contribution in [3.8, 4) is 0 Å². The quantitative estimate of drug-likeness (QED) is 0.760. The van der Waals surface area contributed by atoms with Gasteiger partial charge in [-0.05, 0) is 19.8 Å². The molecular formula is C11H20N2O. The highest BCUT2D eigenvalue weighted by molar-refractivity contribution is 5.02. The molecule has 1 atom stereocenters. The van der Waals surface area contributed by atoms with E-state index < -0.39 is 0 Å². The maximum absolute atomic E-state index is 5.12. The number of hydrogen-bond acceptors (Lipinski definition) is 3. The lowest BCUT2D eigenvalue weighted by molar-refractivity contribution is 0.353. The van der Waals surface area contributed by atoms with E-state index in [2.05, 4.69) is 24.3 Å². The smallest absolute Gasteiger partial charge is 0.150 e. The van der Waals surface area contributed by atoms with Crippen molar-refractivity contribution in [3.05, 3.63) is 17.5 Å². The van der Waals surface area contributed by atoms with E-state index in [1.165, 1.54) is 19.3 Å². The molecule has 0 aliphatic rings. The van der Waals surface area contributed by atoms with E-state index in [-0.39, 0.29) is 0 Å². The van der Waals surface area contributed by atoms with Gasteiger partial charge in [0, 0.05) is 12.1 Å². The largest absolute Gasteiger partial charge is 0.360 e. The molecule has 3 nitrogen and oxygen atoms in total. The molecule has 0 spiro atoms. The molecule has 1 heterocycles. The van der Waals surface area contributed by atoms with Crippen LogP contribution >= 0.6 is 0 Å². The minimum atomic E-state index is 0.602. The number of aryl methyl sites for hydroxylation is 1. The number of rotatable bonds is 6. The SMILES string of the molecule is CCCC(CC)NCc1cc(C)no1. The van der Waals surface area contributed by atoms with Gasteiger partial charge in [-0.3, -0.25) is 0 Å². The molecule has 0 aliphatic heterocycles. The van der Waals surface area contributed by atoms with Crippen LogP contribution in [0.2, 0.25) is 0 Å². The zero-order chi connectivity index (χ0) is 10.4. The Labute approximate surface area is 85.9 Å². The predicted molar refractivity (Wildman–Crippen MR) is 57.1 cm³/mol. The number of nitrogens with zero attached hydrogens (tertiary/aromatic N) is 1. The van der Waals surface area contributed by atoms with Crippen LogP contribution in [0.5, 0.6) is 0 Å². The van der Waals surface area contributed by atoms with E-state index in [0.29, 0.717) is 6.04 Å². The monoisotopic (exact) mass is 196 g/mol. The number of aromatic nitrogens is 1. The third-order valence-electron chi connectivity index (χ3n) is 2.37. The van der Waals surface area contributed by atoms with Gasteiger partial charge in [0.1, 0.15) is 0 Å². The van der Waals surface area contributed by atoms with Gasteiger partial charge in [0.05, 0.1) is 12.2 Å². The van der Waals surface area contributed by atoms with Gasteiger partial charge in [0.2, 0.25) is 0 Å². The average molecular weight is 196 g/mol. The third kappa shape index (κ3) is 3.50. The number of nitrogens with one attached hydrogen (secondary N) is 1. The molecule has 0 radical (unpaired) electrons. The highest BCUT2D eigenvalue weighted by Crippen LogP contribution is 2.05. The molecule has 80 valence electrons. The van der Waals surface area contributed by atoms with Crippen molar-refractivity contribution in [1.82, 2.24) is 10.5 Å². The number of hydrogen-bond donors (Lipinski definition) is 1. The van der Waals surface area contributed by atoms with Crippen LogP contribution in [0, 0.1) is 6.92 Å². The van der Waals surface area contributed by atoms with Gasteiger partial charge in [-0.1, -0.05) is 25.4 Å². The van der Waals surface area contributed by atoms with Gasteiger partial charge in [0.25, 0.3) is 0 Å². The summed E-state index contributed by atoms with van der Waals surface area (Å²) in [5, 5.41) is 7.32. The fourth-order valence-electron chi connectivity index (χ4n) is 1.54. The summed E-state index contributed by atoms with van der Waals surface area (Å²) in [4.78, 5) is 0. The topological polar surface area (TPSA) is 38.1 Å². The summed E-state index contributed by atoms with van der Waals surface area (Å²) >= 11 is 0. The molecule has 1 aromatic rings. The summed E-state index contributed by atoms with van der Waals surface area (Å²) < 4.78 is 5.12. The zero-order valence-corrected chi connectivity index (χ0v) is 9.34. The van der Waals surface area contributed by atoms with Gasteiger partial charge in [0.15, 0.2) is 5.76 Å². The summed E-state index contributed by atoms with van der Waals surface area (Å²) in [5.41, 5.74) is 0.949. The first kappa shape index (κ1) is 11.2. The van der Waals surface area contributed by atoms with Crippen molar-refractivity contribution in [2.24, 2.45) is 0 Å². The van der Waals surface area contributed by atoms with Crippen LogP contribution in [0.15, 0.2) is 10.6 Å². The maximum Gasteiger partial charge on any atom is 0.150 e. The van der Waals surface area contributed by atoms with E-state index in [9.17, 15) is 0 Å². The van der Waals surface area contributed by atoms with E-state index in [1.54, 1.807) is 0 Å². The minimum Gasteiger partial charge on any atom is -0.360 e. The molecule has 0 fully saturated rings. The van der Waals surface area contributed by atoms with Crippen LogP contribution in [0.25, 0.3) is 0 Å². The summed E-state index contributed by atoms with van der Waals surface area (Å²) in [5.74, 6) is 0.928. The molecule has 3 heteroatoms. The normalized spacial score (nSPS) is 13.1. The van der Waals surface area contributed by atoms with Gasteiger partial charge in [-0.15, -0.1) is 0 Å². The highest BCUT2D eigenvalue weighted by Gasteiger charge is 2.06. The Kier molecular flexibility index (Phi) is 4.66. The molecule has 0 aromatic carbocycles. The van der Waals surface area contributed by atoms with Gasteiger partial charge in [-0.25, -0.2) is 0 Å². The second-order valence-electron chi connectivity index (χ2n) is 3.71. The van der Waals surface area contributed by atoms with Crippen molar-refractivity contribution in [1.29, 1.82) is 0 Å². The van der Waals surface area contributed by atoms with Gasteiger partial charge in [-0.2, -0.15) is 0 Å². The van der Waals surface area contributed by atoms with Crippen molar-refractivity contribution in [2.45, 2.75) is 52.6 Å². The van der Waals surface area contributed by atoms with Crippen molar-refractivity contribution in [3.63, 3.8) is 0 Å². The summed E-state index contributed by atoms with van der Waals surface area (Å²) in [7, 11) is 0. The van der Waals surface area contributed by atoms with E-state index in [0.717, 1.165) is 18.0 Å². The molecule has 0 saturated heterocycles. The molecule has 1 N–H and O–H groups in total. The molecule has 1 rings (SSSR count). The summed E-state index contributed by atoms with van der Waals surface area (Å²) in [6.45, 7) is 7.15. The van der Waals surface area contributed by atoms with E-state index in [4.69, 9.17) is 4.52 Å². The van der Waals surface area contributed by atoms with Crippen LogP contribution in [-0.4, -0.2) is 11.2 Å². The Morgan fingerprint density at radius 3 is 2.79 bits per heavy atom. The molecule has 0 saturated carbocycles. The van der Waals surface area contributed by atoms with Crippen LogP contribution < -0.4 is 5.32 Å². The van der Waals surface area contributed by atoms with Crippen LogP contribution in [0.1, 0.15) is 44.6 Å². The maximum atomic E-state index is 5.12. The lowest BCUT2D eigenvalue weighted by atomic mass is 10.1. The summed E-state index contributed by atoms with van der Waals surface area (Å²) in [6.07, 6.45) is 3.62. The fourth-order valence-corrected chi connectivity index (χ4v) is 1.54. The zero-order valence-electron chi connectivity index (χ0n) is 9.34. The summed E-state index contributed by atoms with van der Waals surface area (Å²) in [6, 6.07) is 2.58. The van der Waals surface area contributed by atoms with E-state index in [1.807, 2.05) is 13.0 Å². The molecular weight excluding hydrogens is 176 g/mol. The van der Waals surface area contributed by atoms with Crippen molar-refractivity contribution in [2.75, 3.05) is 0 Å². The molecule has 1 aromatic heterocycles. The third-order valence-corrected chi connectivity index (χ3v) is 2.37. The van der Waals surface area contributed by atoms with E-state index >= 15 is 0 Å². The first-order valence-corrected chi connectivity index (χ1v) is 5.41. The van der Waals surface area contributed by atoms with Crippen LogP contribution in [-0.2, 0) is 6.54 Å². The average Bonchev–Trinajstić information content (AvgIpc) is 2.59. The van der Waals surface area contributed by atoms with Gasteiger partial charge >= 0.3 is 0 Å². The predicted octanol–water partition coefficient (Wildman–Crippen LogP) is 2.65. The first-order chi connectivity index (χ1) is 6.76. The van der Waals surface area contributed by atoms with Crippen molar-refractivity contribution < 1.29 is 4.52 Å². The molecule has 1 unspecified atom stereocenters. The standard InChI is InChI=1S/C11H20N2O/c1-4-6-10(5-2)12-8-11-7-9(3)13-14-11/h7,10,12H,4-6,8H2,1-3H3. The van der Waals surface area contributed by atoms with Gasteiger partial charge < -0.3 is 9.84 Å². The lowest BCUT2D eigenvalue weighted by Crippen LogP contribution is -2.27. The molecule has 14 heavy (non-hydrogen) atoms. The lowest BCUT2D eigenvalue weighted by Gasteiger charge is -2.14.